The van der Waals surface area contributed by atoms with Crippen LogP contribution in [0.1, 0.15) is 54.2 Å². The van der Waals surface area contributed by atoms with Gasteiger partial charge in [-0.05, 0) is 80.3 Å². The van der Waals surface area contributed by atoms with Crippen molar-refractivity contribution in [2.45, 2.75) is 49.5 Å². The summed E-state index contributed by atoms with van der Waals surface area (Å²) < 4.78 is 7.04. The molecule has 1 unspecified atom stereocenters. The maximum absolute atomic E-state index is 13.9. The summed E-state index contributed by atoms with van der Waals surface area (Å²) in [6.07, 6.45) is 9.84. The third kappa shape index (κ3) is 6.97. The summed E-state index contributed by atoms with van der Waals surface area (Å²) in [4.78, 5) is 40.5. The van der Waals surface area contributed by atoms with Crippen LogP contribution in [0.2, 0.25) is 0 Å². The van der Waals surface area contributed by atoms with E-state index in [4.69, 9.17) is 9.72 Å². The van der Waals surface area contributed by atoms with E-state index in [9.17, 15) is 9.59 Å². The molecule has 3 N–H and O–H groups in total. The predicted octanol–water partition coefficient (Wildman–Crippen LogP) is 4.81. The zero-order valence-electron chi connectivity index (χ0n) is 29.2. The van der Waals surface area contributed by atoms with Crippen LogP contribution < -0.4 is 20.9 Å². The lowest BCUT2D eigenvalue weighted by molar-refractivity contribution is -0.132. The van der Waals surface area contributed by atoms with Crippen molar-refractivity contribution < 1.29 is 14.3 Å². The van der Waals surface area contributed by atoms with Crippen LogP contribution in [0.4, 0.5) is 11.4 Å². The zero-order chi connectivity index (χ0) is 35.1. The van der Waals surface area contributed by atoms with Crippen molar-refractivity contribution in [3.05, 3.63) is 89.5 Å². The zero-order valence-corrected chi connectivity index (χ0v) is 30.0. The number of hydrazine groups is 1. The Hall–Kier alpha value is -4.72. The van der Waals surface area contributed by atoms with Gasteiger partial charge >= 0.3 is 0 Å². The molecule has 2 aromatic carbocycles. The molecule has 2 aromatic heterocycles. The topological polar surface area (TPSA) is 130 Å². The number of nitrogens with one attached hydrogen (secondary N) is 3. The maximum atomic E-state index is 13.9. The van der Waals surface area contributed by atoms with E-state index in [1.54, 1.807) is 22.8 Å². The van der Waals surface area contributed by atoms with Gasteiger partial charge in [0, 0.05) is 50.0 Å². The molecule has 2 amide bonds. The SMILES string of the molecule is CS[C@@]1(C(=O)Nc2ccc3c(c2)C(c2ccc(OC4CC4)c(C)n2)NN3)CCN(CC(=O)N2CC=C(c3ccc(-c4ncn(C)n4)cc3)CC2)C1. The van der Waals surface area contributed by atoms with Crippen LogP contribution in [-0.4, -0.2) is 91.2 Å². The number of aromatic nitrogens is 4. The highest BCUT2D eigenvalue weighted by Gasteiger charge is 2.45. The number of hydrogen-bond donors (Lipinski definition) is 3. The lowest BCUT2D eigenvalue weighted by Crippen LogP contribution is -2.45. The summed E-state index contributed by atoms with van der Waals surface area (Å²) in [5.41, 5.74) is 14.4. The number of benzene rings is 2. The fourth-order valence-corrected chi connectivity index (χ4v) is 7.95. The van der Waals surface area contributed by atoms with Crippen molar-refractivity contribution in [1.82, 2.24) is 35.0 Å². The fraction of sp³-hybridized carbons (Fsp3) is 0.395. The first kappa shape index (κ1) is 33.4. The summed E-state index contributed by atoms with van der Waals surface area (Å²) in [5, 5.41) is 7.59. The van der Waals surface area contributed by atoms with Gasteiger partial charge < -0.3 is 20.4 Å². The van der Waals surface area contributed by atoms with E-state index in [0.29, 0.717) is 51.1 Å². The average molecular weight is 706 g/mol. The van der Waals surface area contributed by atoms with Crippen molar-refractivity contribution in [1.29, 1.82) is 0 Å². The minimum atomic E-state index is -0.642. The molecule has 13 heteroatoms. The molecule has 51 heavy (non-hydrogen) atoms. The van der Waals surface area contributed by atoms with E-state index in [-0.39, 0.29) is 17.9 Å². The molecule has 1 saturated carbocycles. The second kappa shape index (κ2) is 13.8. The molecule has 8 rings (SSSR count). The Morgan fingerprint density at radius 3 is 2.61 bits per heavy atom. The molecular weight excluding hydrogens is 663 g/mol. The molecule has 12 nitrogen and oxygen atoms in total. The summed E-state index contributed by atoms with van der Waals surface area (Å²) in [6, 6.07) is 18.1. The Balaban J connectivity index is 0.867. The highest BCUT2D eigenvalue weighted by atomic mass is 32.2. The summed E-state index contributed by atoms with van der Waals surface area (Å²) in [5.74, 6) is 1.61. The van der Waals surface area contributed by atoms with Gasteiger partial charge in [0.05, 0.1) is 35.8 Å². The van der Waals surface area contributed by atoms with Gasteiger partial charge in [0.1, 0.15) is 16.8 Å². The molecule has 0 bridgehead atoms. The molecule has 1 saturated heterocycles. The van der Waals surface area contributed by atoms with Crippen molar-refractivity contribution in [2.75, 3.05) is 49.7 Å². The smallest absolute Gasteiger partial charge is 0.241 e. The predicted molar refractivity (Wildman–Crippen MR) is 199 cm³/mol. The van der Waals surface area contributed by atoms with Crippen LogP contribution in [0.15, 0.2) is 67.0 Å². The van der Waals surface area contributed by atoms with Crippen LogP contribution in [-0.2, 0) is 16.6 Å². The van der Waals surface area contributed by atoms with E-state index < -0.39 is 4.75 Å². The molecular formula is C38H43N9O3S. The minimum Gasteiger partial charge on any atom is -0.489 e. The number of likely N-dealkylation sites (tertiary alicyclic amines) is 1. The second-order valence-corrected chi connectivity index (χ2v) is 15.1. The normalized spacial score (nSPS) is 21.6. The Bertz CT molecular complexity index is 1990. The first-order valence-electron chi connectivity index (χ1n) is 17.6. The first-order valence-corrected chi connectivity index (χ1v) is 18.8. The largest absolute Gasteiger partial charge is 0.489 e. The molecule has 264 valence electrons. The van der Waals surface area contributed by atoms with E-state index in [1.807, 2.05) is 67.6 Å². The molecule has 2 atom stereocenters. The van der Waals surface area contributed by atoms with Crippen LogP contribution in [0.3, 0.4) is 0 Å². The Labute approximate surface area is 302 Å². The number of aryl methyl sites for hydroxylation is 2. The third-order valence-corrected chi connectivity index (χ3v) is 11.6. The number of ether oxygens (including phenoxy) is 1. The number of anilines is 2. The molecule has 3 aliphatic heterocycles. The lowest BCUT2D eigenvalue weighted by Gasteiger charge is -2.29. The van der Waals surface area contributed by atoms with Gasteiger partial charge in [-0.2, -0.15) is 5.10 Å². The van der Waals surface area contributed by atoms with Crippen molar-refractivity contribution in [2.24, 2.45) is 7.05 Å². The number of fused-ring (bicyclic) bond motifs is 1. The molecule has 4 aliphatic rings. The van der Waals surface area contributed by atoms with Gasteiger partial charge in [-0.1, -0.05) is 30.3 Å². The van der Waals surface area contributed by atoms with Crippen molar-refractivity contribution in [3.63, 3.8) is 0 Å². The number of carbonyl (C=O) groups is 2. The van der Waals surface area contributed by atoms with Gasteiger partial charge in [0.15, 0.2) is 5.82 Å². The van der Waals surface area contributed by atoms with Gasteiger partial charge in [-0.3, -0.25) is 24.2 Å². The van der Waals surface area contributed by atoms with Crippen LogP contribution in [0, 0.1) is 6.92 Å². The fourth-order valence-electron chi connectivity index (χ4n) is 7.11. The van der Waals surface area contributed by atoms with E-state index in [1.165, 1.54) is 5.57 Å². The Kier molecular flexibility index (Phi) is 9.03. The maximum Gasteiger partial charge on any atom is 0.241 e. The quantitative estimate of drug-likeness (QED) is 0.212. The number of rotatable bonds is 10. The van der Waals surface area contributed by atoms with E-state index >= 15 is 0 Å². The average Bonchev–Trinajstić information content (AvgIpc) is 3.48. The lowest BCUT2D eigenvalue weighted by atomic mass is 9.98. The molecule has 5 heterocycles. The Morgan fingerprint density at radius 2 is 1.90 bits per heavy atom. The van der Waals surface area contributed by atoms with Gasteiger partial charge in [0.25, 0.3) is 0 Å². The van der Waals surface area contributed by atoms with Crippen LogP contribution in [0.25, 0.3) is 17.0 Å². The summed E-state index contributed by atoms with van der Waals surface area (Å²) in [6.45, 7) is 4.75. The van der Waals surface area contributed by atoms with Gasteiger partial charge in [-0.25, -0.2) is 10.4 Å². The third-order valence-electron chi connectivity index (χ3n) is 10.3. The molecule has 0 radical (unpaired) electrons. The highest BCUT2D eigenvalue weighted by molar-refractivity contribution is 8.00. The number of carbonyl (C=O) groups excluding carboxylic acids is 2. The van der Waals surface area contributed by atoms with Crippen LogP contribution in [0.5, 0.6) is 5.75 Å². The number of nitrogens with zero attached hydrogens (tertiary/aromatic N) is 6. The number of pyridine rings is 1. The first-order chi connectivity index (χ1) is 24.8. The molecule has 2 fully saturated rings. The highest BCUT2D eigenvalue weighted by Crippen LogP contribution is 2.38. The monoisotopic (exact) mass is 705 g/mol. The van der Waals surface area contributed by atoms with Crippen LogP contribution >= 0.6 is 11.8 Å². The summed E-state index contributed by atoms with van der Waals surface area (Å²) in [7, 11) is 1.86. The molecule has 1 aliphatic carbocycles. The van der Waals surface area contributed by atoms with Gasteiger partial charge in [-0.15, -0.1) is 11.8 Å². The molecule has 0 spiro atoms. The van der Waals surface area contributed by atoms with Gasteiger partial charge in [0.2, 0.25) is 11.8 Å². The van der Waals surface area contributed by atoms with E-state index in [2.05, 4.69) is 49.4 Å². The summed E-state index contributed by atoms with van der Waals surface area (Å²) >= 11 is 1.56. The van der Waals surface area contributed by atoms with Crippen molar-refractivity contribution >= 4 is 40.5 Å². The number of amides is 2. The van der Waals surface area contributed by atoms with E-state index in [0.717, 1.165) is 64.5 Å². The molecule has 4 aromatic rings. The number of thioether (sulfide) groups is 1. The van der Waals surface area contributed by atoms with Crippen molar-refractivity contribution in [3.8, 4) is 17.1 Å². The number of hydrogen-bond acceptors (Lipinski definition) is 10. The Morgan fingerprint density at radius 1 is 1.08 bits per heavy atom. The minimum absolute atomic E-state index is 0.0358. The second-order valence-electron chi connectivity index (χ2n) is 13.9. The standard InChI is InChI=1S/C38H43N9O3S/c1-24-33(50-29-9-10-29)13-12-32(40-24)35-30-20-28(8-11-31(30)42-43-35)41-37(49)38(51-3)16-19-46(22-38)21-34(48)47-17-14-26(15-18-47)25-4-6-27(7-5-25)36-39-23-45(2)44-36/h4-8,11-14,20,23,29,35,42-43H,9-10,15-19,21-22H2,1-3H3,(H,41,49)/t35?,38-/m0/s1.